The highest BCUT2D eigenvalue weighted by molar-refractivity contribution is 5.83. The largest absolute Gasteiger partial charge is 0.444 e. The van der Waals surface area contributed by atoms with Crippen molar-refractivity contribution in [3.63, 3.8) is 0 Å². The Balaban J connectivity index is 0.00000163. The molecule has 37 heavy (non-hydrogen) atoms. The molecule has 208 valence electrons. The number of piperazine rings is 2. The first-order valence-corrected chi connectivity index (χ1v) is 13.4. The van der Waals surface area contributed by atoms with Gasteiger partial charge in [-0.3, -0.25) is 9.69 Å². The molecule has 0 saturated carbocycles. The average molecular weight is 517 g/mol. The molecule has 0 aromatic rings. The molecule has 2 heterocycles. The third kappa shape index (κ3) is 9.20. The molecule has 2 aliphatic heterocycles. The van der Waals surface area contributed by atoms with Crippen LogP contribution in [0.4, 0.5) is 4.79 Å². The van der Waals surface area contributed by atoms with Crippen molar-refractivity contribution in [1.82, 2.24) is 19.6 Å². The Morgan fingerprint density at radius 1 is 1.05 bits per heavy atom. The fraction of sp³-hybridized carbons (Fsp3) is 0.679. The minimum Gasteiger partial charge on any atom is -0.444 e. The molecule has 1 unspecified atom stereocenters. The molecular weight excluding hydrogens is 468 g/mol. The summed E-state index contributed by atoms with van der Waals surface area (Å²) >= 11 is 0. The Kier molecular flexibility index (Phi) is 13.4. The smallest absolute Gasteiger partial charge is 0.410 e. The van der Waals surface area contributed by atoms with Crippen molar-refractivity contribution in [2.45, 2.75) is 66.0 Å². The minimum absolute atomic E-state index is 0.0694. The van der Waals surface area contributed by atoms with Gasteiger partial charge in [-0.05, 0) is 65.4 Å². The Morgan fingerprint density at radius 2 is 1.65 bits per heavy atom. The van der Waals surface area contributed by atoms with Crippen LogP contribution in [0.3, 0.4) is 0 Å². The number of likely N-dealkylation sites (N-methyl/N-ethyl adjacent to an activating group) is 1. The predicted molar refractivity (Wildman–Crippen MR) is 149 cm³/mol. The highest BCUT2D eigenvalue weighted by atomic mass is 16.6. The molecule has 1 aliphatic carbocycles. The molecule has 0 aromatic carbocycles. The van der Waals surface area contributed by atoms with Gasteiger partial charge in [0.05, 0.1) is 6.07 Å². The fourth-order valence-corrected chi connectivity index (χ4v) is 4.44. The van der Waals surface area contributed by atoms with Crippen LogP contribution in [0.25, 0.3) is 0 Å². The average Bonchev–Trinajstić information content (AvgIpc) is 3.12. The van der Waals surface area contributed by atoms with Crippen LogP contribution in [0.2, 0.25) is 0 Å². The summed E-state index contributed by atoms with van der Waals surface area (Å²) < 4.78 is 5.51. The van der Waals surface area contributed by atoms with Crippen molar-refractivity contribution in [2.24, 2.45) is 5.73 Å². The summed E-state index contributed by atoms with van der Waals surface area (Å²) in [5.41, 5.74) is 7.13. The van der Waals surface area contributed by atoms with Gasteiger partial charge >= 0.3 is 6.09 Å². The van der Waals surface area contributed by atoms with Crippen LogP contribution < -0.4 is 5.73 Å². The van der Waals surface area contributed by atoms with Gasteiger partial charge in [0.1, 0.15) is 11.6 Å². The van der Waals surface area contributed by atoms with Crippen molar-refractivity contribution in [2.75, 3.05) is 59.9 Å². The van der Waals surface area contributed by atoms with E-state index in [1.54, 1.807) is 4.90 Å². The van der Waals surface area contributed by atoms with Crippen LogP contribution in [0, 0.1) is 11.3 Å². The number of carbonyl (C=O) groups excluding carboxylic acids is 2. The number of nitrogens with zero attached hydrogens (tertiary/aromatic N) is 5. The van der Waals surface area contributed by atoms with Gasteiger partial charge in [0.15, 0.2) is 0 Å². The standard InChI is InChI=1S/C25H37N5O3.C2H6.CH5N/c1-6-20-9-7-19(17-26)8-10-21(20)28-13-15-29(16-14-28)23(31)22-18-30(12-11-27(22)5)24(32)33-25(2,3)4;2*1-2/h7-8,10,22H,6,9,11-16,18H2,1-5H3;1-2H3;2H2,1H3. The maximum Gasteiger partial charge on any atom is 0.410 e. The molecule has 2 fully saturated rings. The zero-order chi connectivity index (χ0) is 28.2. The van der Waals surface area contributed by atoms with E-state index in [4.69, 9.17) is 4.74 Å². The van der Waals surface area contributed by atoms with Crippen LogP contribution in [0.5, 0.6) is 0 Å². The number of hydrogen-bond donors (Lipinski definition) is 1. The van der Waals surface area contributed by atoms with Crippen LogP contribution in [-0.4, -0.2) is 103 Å². The number of hydrogen-bond acceptors (Lipinski definition) is 7. The number of amides is 2. The summed E-state index contributed by atoms with van der Waals surface area (Å²) in [7, 11) is 3.44. The van der Waals surface area contributed by atoms with Gasteiger partial charge in [-0.1, -0.05) is 26.8 Å². The van der Waals surface area contributed by atoms with E-state index in [9.17, 15) is 14.9 Å². The minimum atomic E-state index is -0.557. The van der Waals surface area contributed by atoms with Crippen molar-refractivity contribution < 1.29 is 14.3 Å². The van der Waals surface area contributed by atoms with Gasteiger partial charge in [-0.15, -0.1) is 0 Å². The summed E-state index contributed by atoms with van der Waals surface area (Å²) in [6.07, 6.45) is 7.28. The number of ether oxygens (including phenoxy) is 1. The second-order valence-electron chi connectivity index (χ2n) is 9.89. The van der Waals surface area contributed by atoms with Gasteiger partial charge in [-0.2, -0.15) is 5.26 Å². The van der Waals surface area contributed by atoms with E-state index >= 15 is 0 Å². The normalized spacial score (nSPS) is 20.5. The third-order valence-electron chi connectivity index (χ3n) is 6.42. The van der Waals surface area contributed by atoms with Crippen molar-refractivity contribution in [1.29, 1.82) is 5.26 Å². The zero-order valence-electron chi connectivity index (χ0n) is 24.2. The molecule has 9 heteroatoms. The number of carbonyl (C=O) groups is 2. The fourth-order valence-electron chi connectivity index (χ4n) is 4.44. The van der Waals surface area contributed by atoms with E-state index in [1.165, 1.54) is 18.3 Å². The Labute approximate surface area is 224 Å². The number of nitrogens with two attached hydrogens (primary N) is 1. The van der Waals surface area contributed by atoms with E-state index in [2.05, 4.69) is 23.6 Å². The molecule has 3 aliphatic rings. The monoisotopic (exact) mass is 516 g/mol. The first-order chi connectivity index (χ1) is 17.6. The maximum atomic E-state index is 13.4. The lowest BCUT2D eigenvalue weighted by Gasteiger charge is -2.43. The molecule has 3 rings (SSSR count). The highest BCUT2D eigenvalue weighted by Crippen LogP contribution is 2.25. The van der Waals surface area contributed by atoms with E-state index in [0.717, 1.165) is 25.9 Å². The Hall–Kier alpha value is -2.83. The SMILES string of the molecule is CC.CCC1=C(N2CCN(C(=O)C3CN(C(=O)OC(C)(C)C)CCN3C)CC2)C=CC(C#N)=CC1.CN. The van der Waals surface area contributed by atoms with Crippen molar-refractivity contribution in [3.8, 4) is 6.07 Å². The summed E-state index contributed by atoms with van der Waals surface area (Å²) in [6, 6.07) is 1.88. The molecule has 0 aromatic heterocycles. The quantitative estimate of drug-likeness (QED) is 0.613. The van der Waals surface area contributed by atoms with Crippen LogP contribution >= 0.6 is 0 Å². The Bertz CT molecular complexity index is 889. The van der Waals surface area contributed by atoms with E-state index in [-0.39, 0.29) is 18.0 Å². The Morgan fingerprint density at radius 3 is 2.19 bits per heavy atom. The van der Waals surface area contributed by atoms with Gasteiger partial charge in [0, 0.05) is 57.1 Å². The summed E-state index contributed by atoms with van der Waals surface area (Å²) in [5, 5.41) is 9.24. The van der Waals surface area contributed by atoms with Crippen LogP contribution in [0.1, 0.15) is 54.4 Å². The molecule has 1 atom stereocenters. The molecule has 2 amide bonds. The lowest BCUT2D eigenvalue weighted by atomic mass is 10.1. The molecule has 2 N–H and O–H groups in total. The highest BCUT2D eigenvalue weighted by Gasteiger charge is 2.37. The topological polar surface area (TPSA) is 106 Å². The van der Waals surface area contributed by atoms with E-state index in [0.29, 0.717) is 38.3 Å². The van der Waals surface area contributed by atoms with Gasteiger partial charge < -0.3 is 25.2 Å². The summed E-state index contributed by atoms with van der Waals surface area (Å²) in [4.78, 5) is 33.8. The molecule has 2 saturated heterocycles. The maximum absolute atomic E-state index is 13.4. The van der Waals surface area contributed by atoms with Gasteiger partial charge in [-0.25, -0.2) is 4.79 Å². The molecule has 0 radical (unpaired) electrons. The van der Waals surface area contributed by atoms with Crippen LogP contribution in [0.15, 0.2) is 35.1 Å². The van der Waals surface area contributed by atoms with E-state index < -0.39 is 5.60 Å². The lowest BCUT2D eigenvalue weighted by molar-refractivity contribution is -0.140. The number of nitriles is 1. The molecular formula is C28H48N6O3. The van der Waals surface area contributed by atoms with Crippen molar-refractivity contribution in [3.05, 3.63) is 35.1 Å². The number of rotatable bonds is 3. The lowest BCUT2D eigenvalue weighted by Crippen LogP contribution is -2.61. The predicted octanol–water partition coefficient (Wildman–Crippen LogP) is 3.36. The van der Waals surface area contributed by atoms with Crippen molar-refractivity contribution >= 4 is 12.0 Å². The third-order valence-corrected chi connectivity index (χ3v) is 6.42. The second-order valence-corrected chi connectivity index (χ2v) is 9.89. The zero-order valence-corrected chi connectivity index (χ0v) is 24.2. The molecule has 0 spiro atoms. The molecule has 9 nitrogen and oxygen atoms in total. The first kappa shape index (κ1) is 32.2. The van der Waals surface area contributed by atoms with Gasteiger partial charge in [0.25, 0.3) is 0 Å². The van der Waals surface area contributed by atoms with Gasteiger partial charge in [0.2, 0.25) is 5.91 Å². The summed E-state index contributed by atoms with van der Waals surface area (Å²) in [5.74, 6) is 0.0694. The van der Waals surface area contributed by atoms with E-state index in [1.807, 2.05) is 69.7 Å². The second kappa shape index (κ2) is 15.4. The molecule has 0 bridgehead atoms. The first-order valence-electron chi connectivity index (χ1n) is 13.4. The van der Waals surface area contributed by atoms with Crippen LogP contribution in [-0.2, 0) is 9.53 Å². The number of allylic oxidation sites excluding steroid dienone is 5. The summed E-state index contributed by atoms with van der Waals surface area (Å²) in [6.45, 7) is 16.0.